The Morgan fingerprint density at radius 3 is 2.22 bits per heavy atom. The summed E-state index contributed by atoms with van der Waals surface area (Å²) in [4.78, 5) is 23.7. The molecule has 0 bridgehead atoms. The van der Waals surface area contributed by atoms with E-state index in [1.807, 2.05) is 13.8 Å². The van der Waals surface area contributed by atoms with Crippen molar-refractivity contribution in [2.24, 2.45) is 0 Å². The van der Waals surface area contributed by atoms with Crippen LogP contribution in [0.3, 0.4) is 0 Å². The zero-order valence-electron chi connectivity index (χ0n) is 15.6. The lowest BCUT2D eigenvalue weighted by molar-refractivity contribution is -0.116. The van der Waals surface area contributed by atoms with Gasteiger partial charge in [-0.1, -0.05) is 6.07 Å². The van der Waals surface area contributed by atoms with E-state index >= 15 is 0 Å². The van der Waals surface area contributed by atoms with E-state index in [-0.39, 0.29) is 30.2 Å². The van der Waals surface area contributed by atoms with Gasteiger partial charge in [-0.05, 0) is 62.2 Å². The highest BCUT2D eigenvalue weighted by atomic mass is 19.1. The molecule has 7 heteroatoms. The fourth-order valence-corrected chi connectivity index (χ4v) is 2.41. The molecule has 0 fully saturated rings. The van der Waals surface area contributed by atoms with Crippen LogP contribution in [0.1, 0.15) is 25.8 Å². The number of benzene rings is 2. The summed E-state index contributed by atoms with van der Waals surface area (Å²) < 4.78 is 18.5. The van der Waals surface area contributed by atoms with Gasteiger partial charge in [-0.15, -0.1) is 0 Å². The van der Waals surface area contributed by atoms with Gasteiger partial charge in [0.25, 0.3) is 0 Å². The summed E-state index contributed by atoms with van der Waals surface area (Å²) in [6.07, 6.45) is 0.643. The van der Waals surface area contributed by atoms with Gasteiger partial charge in [0.2, 0.25) is 5.91 Å². The molecule has 0 aliphatic heterocycles. The molecule has 144 valence electrons. The Labute approximate surface area is 158 Å². The van der Waals surface area contributed by atoms with Crippen LogP contribution in [0.15, 0.2) is 42.5 Å². The number of methoxy groups -OCH3 is 1. The van der Waals surface area contributed by atoms with Crippen LogP contribution in [0.25, 0.3) is 0 Å². The molecule has 3 N–H and O–H groups in total. The number of carbonyl (C=O) groups is 2. The van der Waals surface area contributed by atoms with Crippen LogP contribution < -0.4 is 20.7 Å². The number of rotatable bonds is 7. The molecule has 0 atom stereocenters. The van der Waals surface area contributed by atoms with E-state index in [9.17, 15) is 14.0 Å². The molecule has 0 aromatic heterocycles. The highest BCUT2D eigenvalue weighted by molar-refractivity contribution is 5.92. The molecule has 27 heavy (non-hydrogen) atoms. The zero-order chi connectivity index (χ0) is 19.8. The molecule has 3 amide bonds. The van der Waals surface area contributed by atoms with E-state index < -0.39 is 5.82 Å². The minimum Gasteiger partial charge on any atom is -0.494 e. The molecule has 2 aromatic carbocycles. The van der Waals surface area contributed by atoms with Crippen molar-refractivity contribution in [3.63, 3.8) is 0 Å². The number of anilines is 2. The molecule has 0 spiro atoms. The number of amides is 3. The average Bonchev–Trinajstić information content (AvgIpc) is 2.61. The Morgan fingerprint density at radius 1 is 1.04 bits per heavy atom. The topological polar surface area (TPSA) is 79.5 Å². The first-order valence-electron chi connectivity index (χ1n) is 8.67. The molecule has 2 rings (SSSR count). The van der Waals surface area contributed by atoms with Crippen LogP contribution in [0.4, 0.5) is 20.6 Å². The summed E-state index contributed by atoms with van der Waals surface area (Å²) >= 11 is 0. The lowest BCUT2D eigenvalue weighted by Gasteiger charge is -2.11. The van der Waals surface area contributed by atoms with E-state index in [2.05, 4.69) is 16.0 Å². The van der Waals surface area contributed by atoms with Crippen molar-refractivity contribution in [2.75, 3.05) is 17.7 Å². The average molecular weight is 373 g/mol. The standard InChI is InChI=1S/C20H24FN3O3/c1-13(2)22-20(26)24-16-8-6-15(7-9-16)23-19(25)11-5-14-4-10-18(27-3)17(21)12-14/h4,6-10,12-13H,5,11H2,1-3H3,(H,23,25)(H2,22,24,26). The second-order valence-electron chi connectivity index (χ2n) is 6.35. The maximum absolute atomic E-state index is 13.7. The highest BCUT2D eigenvalue weighted by Gasteiger charge is 2.08. The summed E-state index contributed by atoms with van der Waals surface area (Å²) in [5, 5.41) is 8.21. The lowest BCUT2D eigenvalue weighted by Crippen LogP contribution is -2.34. The first kappa shape index (κ1) is 20.2. The molecule has 0 saturated heterocycles. The van der Waals surface area contributed by atoms with Crippen LogP contribution in [0.5, 0.6) is 5.75 Å². The van der Waals surface area contributed by atoms with Gasteiger partial charge >= 0.3 is 6.03 Å². The molecule has 2 aromatic rings. The molecule has 0 unspecified atom stereocenters. The van der Waals surface area contributed by atoms with Crippen molar-refractivity contribution in [1.29, 1.82) is 0 Å². The van der Waals surface area contributed by atoms with E-state index in [1.54, 1.807) is 36.4 Å². The third-order valence-corrected chi connectivity index (χ3v) is 3.70. The molecular formula is C20H24FN3O3. The molecule has 0 radical (unpaired) electrons. The molecule has 0 aliphatic carbocycles. The Morgan fingerprint density at radius 2 is 1.67 bits per heavy atom. The van der Waals surface area contributed by atoms with E-state index in [4.69, 9.17) is 4.74 Å². The summed E-state index contributed by atoms with van der Waals surface area (Å²) in [7, 11) is 1.41. The number of halogens is 1. The number of nitrogens with one attached hydrogen (secondary N) is 3. The predicted octanol–water partition coefficient (Wildman–Crippen LogP) is 3.94. The quantitative estimate of drug-likeness (QED) is 0.688. The van der Waals surface area contributed by atoms with Gasteiger partial charge in [-0.25, -0.2) is 9.18 Å². The van der Waals surface area contributed by atoms with Gasteiger partial charge in [-0.2, -0.15) is 0 Å². The van der Waals surface area contributed by atoms with Crippen LogP contribution in [0.2, 0.25) is 0 Å². The smallest absolute Gasteiger partial charge is 0.319 e. The summed E-state index contributed by atoms with van der Waals surface area (Å²) in [6.45, 7) is 3.75. The third kappa shape index (κ3) is 6.62. The normalized spacial score (nSPS) is 10.4. The fourth-order valence-electron chi connectivity index (χ4n) is 2.41. The van der Waals surface area contributed by atoms with Crippen molar-refractivity contribution >= 4 is 23.3 Å². The van der Waals surface area contributed by atoms with Crippen LogP contribution >= 0.6 is 0 Å². The molecule has 0 saturated carbocycles. The monoisotopic (exact) mass is 373 g/mol. The second kappa shape index (κ2) is 9.56. The maximum atomic E-state index is 13.7. The van der Waals surface area contributed by atoms with Crippen LogP contribution in [0, 0.1) is 5.82 Å². The highest BCUT2D eigenvalue weighted by Crippen LogP contribution is 2.19. The maximum Gasteiger partial charge on any atom is 0.319 e. The van der Waals surface area contributed by atoms with Crippen molar-refractivity contribution in [3.05, 3.63) is 53.8 Å². The number of hydrogen-bond donors (Lipinski definition) is 3. The molecule has 0 aliphatic rings. The number of urea groups is 1. The number of ether oxygens (including phenoxy) is 1. The van der Waals surface area contributed by atoms with E-state index in [1.165, 1.54) is 13.2 Å². The van der Waals surface area contributed by atoms with Crippen molar-refractivity contribution < 1.29 is 18.7 Å². The fraction of sp³-hybridized carbons (Fsp3) is 0.300. The van der Waals surface area contributed by atoms with Gasteiger partial charge in [0.05, 0.1) is 7.11 Å². The zero-order valence-corrected chi connectivity index (χ0v) is 15.6. The SMILES string of the molecule is COc1ccc(CCC(=O)Nc2ccc(NC(=O)NC(C)C)cc2)cc1F. The Balaban J connectivity index is 1.83. The van der Waals surface area contributed by atoms with Gasteiger partial charge in [0.15, 0.2) is 11.6 Å². The second-order valence-corrected chi connectivity index (χ2v) is 6.35. The summed E-state index contributed by atoms with van der Waals surface area (Å²) in [5.41, 5.74) is 1.97. The Hall–Kier alpha value is -3.09. The van der Waals surface area contributed by atoms with Crippen LogP contribution in [-0.2, 0) is 11.2 Å². The Kier molecular flexibility index (Phi) is 7.16. The molecule has 6 nitrogen and oxygen atoms in total. The first-order valence-corrected chi connectivity index (χ1v) is 8.67. The van der Waals surface area contributed by atoms with Crippen molar-refractivity contribution in [1.82, 2.24) is 5.32 Å². The molecule has 0 heterocycles. The van der Waals surface area contributed by atoms with Gasteiger partial charge in [-0.3, -0.25) is 4.79 Å². The Bertz CT molecular complexity index is 792. The summed E-state index contributed by atoms with van der Waals surface area (Å²) in [5.74, 6) is -0.441. The predicted molar refractivity (Wildman–Crippen MR) is 104 cm³/mol. The lowest BCUT2D eigenvalue weighted by atomic mass is 10.1. The van der Waals surface area contributed by atoms with Gasteiger partial charge < -0.3 is 20.7 Å². The van der Waals surface area contributed by atoms with Crippen LogP contribution in [-0.4, -0.2) is 25.1 Å². The third-order valence-electron chi connectivity index (χ3n) is 3.70. The van der Waals surface area contributed by atoms with E-state index in [0.29, 0.717) is 17.8 Å². The number of carbonyl (C=O) groups excluding carboxylic acids is 2. The summed E-state index contributed by atoms with van der Waals surface area (Å²) in [6, 6.07) is 11.2. The minimum atomic E-state index is -0.444. The van der Waals surface area contributed by atoms with E-state index in [0.717, 1.165) is 5.56 Å². The first-order chi connectivity index (χ1) is 12.9. The number of aryl methyl sites for hydroxylation is 1. The minimum absolute atomic E-state index is 0.0442. The van der Waals surface area contributed by atoms with Gasteiger partial charge in [0.1, 0.15) is 0 Å². The van der Waals surface area contributed by atoms with Crippen molar-refractivity contribution in [3.8, 4) is 5.75 Å². The largest absolute Gasteiger partial charge is 0.494 e. The number of hydrogen-bond acceptors (Lipinski definition) is 3. The van der Waals surface area contributed by atoms with Crippen molar-refractivity contribution in [2.45, 2.75) is 32.7 Å². The van der Waals surface area contributed by atoms with Gasteiger partial charge in [0, 0.05) is 23.8 Å². The molecular weight excluding hydrogens is 349 g/mol.